The highest BCUT2D eigenvalue weighted by Gasteiger charge is 2.18. The van der Waals surface area contributed by atoms with Gasteiger partial charge in [0.2, 0.25) is 5.89 Å². The van der Waals surface area contributed by atoms with Gasteiger partial charge in [0.05, 0.1) is 13.1 Å². The fourth-order valence-electron chi connectivity index (χ4n) is 2.61. The Hall–Kier alpha value is -2.34. The molecule has 3 heterocycles. The number of nitrogen functional groups attached to an aromatic ring is 1. The summed E-state index contributed by atoms with van der Waals surface area (Å²) in [5.74, 6) is 1.82. The summed E-state index contributed by atoms with van der Waals surface area (Å²) in [5, 5.41) is 0. The summed E-state index contributed by atoms with van der Waals surface area (Å²) in [6, 6.07) is 5.54. The van der Waals surface area contributed by atoms with Crippen LogP contribution in [0.1, 0.15) is 11.7 Å². The Morgan fingerprint density at radius 3 is 3.20 bits per heavy atom. The molecule has 4 rings (SSSR count). The summed E-state index contributed by atoms with van der Waals surface area (Å²) in [5.41, 5.74) is 8.05. The number of hydrogen-bond donors (Lipinski definition) is 1. The van der Waals surface area contributed by atoms with E-state index >= 15 is 0 Å². The highest BCUT2D eigenvalue weighted by atomic mass is 16.3. The van der Waals surface area contributed by atoms with Crippen molar-refractivity contribution < 1.29 is 4.42 Å². The van der Waals surface area contributed by atoms with E-state index in [0.717, 1.165) is 42.4 Å². The molecule has 1 aliphatic rings. The third-order valence-corrected chi connectivity index (χ3v) is 3.64. The van der Waals surface area contributed by atoms with E-state index < -0.39 is 0 Å². The number of nitrogens with two attached hydrogens (primary N) is 1. The number of rotatable bonds is 2. The predicted octanol–water partition coefficient (Wildman–Crippen LogP) is 1.62. The second-order valence-electron chi connectivity index (χ2n) is 5.08. The Morgan fingerprint density at radius 2 is 2.25 bits per heavy atom. The van der Waals surface area contributed by atoms with Crippen LogP contribution in [0.2, 0.25) is 0 Å². The quantitative estimate of drug-likeness (QED) is 0.716. The molecule has 0 spiro atoms. The fourth-order valence-corrected chi connectivity index (χ4v) is 2.61. The van der Waals surface area contributed by atoms with Crippen molar-refractivity contribution in [2.75, 3.05) is 12.3 Å². The summed E-state index contributed by atoms with van der Waals surface area (Å²) < 4.78 is 7.94. The molecule has 1 aromatic carbocycles. The van der Waals surface area contributed by atoms with Crippen molar-refractivity contribution in [2.45, 2.75) is 19.6 Å². The van der Waals surface area contributed by atoms with Gasteiger partial charge in [0.1, 0.15) is 11.3 Å². The summed E-state index contributed by atoms with van der Waals surface area (Å²) in [7, 11) is 0. The number of fused-ring (bicyclic) bond motifs is 2. The second-order valence-corrected chi connectivity index (χ2v) is 5.08. The molecule has 0 atom stereocenters. The lowest BCUT2D eigenvalue weighted by atomic mass is 10.3. The van der Waals surface area contributed by atoms with E-state index in [9.17, 15) is 0 Å². The van der Waals surface area contributed by atoms with Crippen LogP contribution in [0.3, 0.4) is 0 Å². The molecule has 0 saturated carbocycles. The Balaban J connectivity index is 1.56. The smallest absolute Gasteiger partial charge is 0.209 e. The van der Waals surface area contributed by atoms with Crippen LogP contribution < -0.4 is 5.73 Å². The van der Waals surface area contributed by atoms with Gasteiger partial charge in [0, 0.05) is 37.2 Å². The van der Waals surface area contributed by atoms with Crippen LogP contribution in [0.15, 0.2) is 35.0 Å². The molecule has 6 nitrogen and oxygen atoms in total. The number of aromatic nitrogens is 3. The SMILES string of the molecule is Nc1ccc2nc(CN3CCn4ccnc4C3)oc2c1. The molecular formula is C14H15N5O. The molecule has 1 aliphatic heterocycles. The molecular weight excluding hydrogens is 254 g/mol. The van der Waals surface area contributed by atoms with E-state index in [1.54, 1.807) is 0 Å². The lowest BCUT2D eigenvalue weighted by Gasteiger charge is -2.26. The third-order valence-electron chi connectivity index (χ3n) is 3.64. The summed E-state index contributed by atoms with van der Waals surface area (Å²) >= 11 is 0. The standard InChI is InChI=1S/C14H15N5O/c15-10-1-2-11-12(7-10)20-14(17-11)9-18-5-6-19-4-3-16-13(19)8-18/h1-4,7H,5-6,8-9,15H2. The topological polar surface area (TPSA) is 73.1 Å². The maximum atomic E-state index is 5.76. The Kier molecular flexibility index (Phi) is 2.50. The Morgan fingerprint density at radius 1 is 1.30 bits per heavy atom. The first-order valence-electron chi connectivity index (χ1n) is 6.65. The van der Waals surface area contributed by atoms with Gasteiger partial charge >= 0.3 is 0 Å². The van der Waals surface area contributed by atoms with E-state index in [4.69, 9.17) is 10.2 Å². The molecule has 0 bridgehead atoms. The molecule has 3 aromatic rings. The average molecular weight is 269 g/mol. The van der Waals surface area contributed by atoms with Crippen molar-refractivity contribution in [1.82, 2.24) is 19.4 Å². The van der Waals surface area contributed by atoms with Crippen LogP contribution in [-0.4, -0.2) is 26.0 Å². The first-order valence-corrected chi connectivity index (χ1v) is 6.65. The lowest BCUT2D eigenvalue weighted by Crippen LogP contribution is -2.33. The summed E-state index contributed by atoms with van der Waals surface area (Å²) in [6.45, 7) is 3.46. The first-order chi connectivity index (χ1) is 9.78. The number of benzene rings is 1. The zero-order valence-electron chi connectivity index (χ0n) is 11.0. The van der Waals surface area contributed by atoms with E-state index in [1.165, 1.54) is 0 Å². The Labute approximate surface area is 115 Å². The molecule has 2 N–H and O–H groups in total. The van der Waals surface area contributed by atoms with Crippen LogP contribution in [-0.2, 0) is 19.6 Å². The minimum absolute atomic E-state index is 0.695. The van der Waals surface area contributed by atoms with E-state index in [1.807, 2.05) is 30.6 Å². The van der Waals surface area contributed by atoms with Crippen LogP contribution >= 0.6 is 0 Å². The molecule has 102 valence electrons. The molecule has 0 aliphatic carbocycles. The maximum Gasteiger partial charge on any atom is 0.209 e. The van der Waals surface area contributed by atoms with Gasteiger partial charge in [-0.25, -0.2) is 9.97 Å². The van der Waals surface area contributed by atoms with Gasteiger partial charge in [-0.2, -0.15) is 0 Å². The van der Waals surface area contributed by atoms with Crippen LogP contribution in [0.25, 0.3) is 11.1 Å². The van der Waals surface area contributed by atoms with Crippen molar-refractivity contribution >= 4 is 16.8 Å². The van der Waals surface area contributed by atoms with Gasteiger partial charge < -0.3 is 14.7 Å². The predicted molar refractivity (Wildman–Crippen MR) is 74.8 cm³/mol. The average Bonchev–Trinajstić information content (AvgIpc) is 3.03. The van der Waals surface area contributed by atoms with Gasteiger partial charge in [-0.3, -0.25) is 4.90 Å². The molecule has 0 radical (unpaired) electrons. The third kappa shape index (κ3) is 1.94. The van der Waals surface area contributed by atoms with Crippen molar-refractivity contribution in [1.29, 1.82) is 0 Å². The summed E-state index contributed by atoms with van der Waals surface area (Å²) in [4.78, 5) is 11.1. The first kappa shape index (κ1) is 11.5. The molecule has 0 unspecified atom stereocenters. The number of imidazole rings is 1. The minimum atomic E-state index is 0.695. The van der Waals surface area contributed by atoms with Crippen molar-refractivity contribution in [3.8, 4) is 0 Å². The largest absolute Gasteiger partial charge is 0.439 e. The van der Waals surface area contributed by atoms with Gasteiger partial charge in [0.15, 0.2) is 5.58 Å². The number of oxazole rings is 1. The summed E-state index contributed by atoms with van der Waals surface area (Å²) in [6.07, 6.45) is 3.87. The van der Waals surface area contributed by atoms with Crippen LogP contribution in [0, 0.1) is 0 Å². The van der Waals surface area contributed by atoms with Gasteiger partial charge in [-0.1, -0.05) is 0 Å². The fraction of sp³-hybridized carbons (Fsp3) is 0.286. The molecule has 2 aromatic heterocycles. The zero-order chi connectivity index (χ0) is 13.5. The number of hydrogen-bond acceptors (Lipinski definition) is 5. The molecule has 0 amide bonds. The van der Waals surface area contributed by atoms with E-state index in [0.29, 0.717) is 12.2 Å². The molecule has 0 saturated heterocycles. The zero-order valence-corrected chi connectivity index (χ0v) is 11.0. The van der Waals surface area contributed by atoms with E-state index in [2.05, 4.69) is 19.4 Å². The van der Waals surface area contributed by atoms with Gasteiger partial charge in [-0.15, -0.1) is 0 Å². The van der Waals surface area contributed by atoms with Crippen LogP contribution in [0.5, 0.6) is 0 Å². The van der Waals surface area contributed by atoms with Crippen LogP contribution in [0.4, 0.5) is 5.69 Å². The van der Waals surface area contributed by atoms with Crippen molar-refractivity contribution in [2.24, 2.45) is 0 Å². The molecule has 20 heavy (non-hydrogen) atoms. The minimum Gasteiger partial charge on any atom is -0.439 e. The Bertz CT molecular complexity index is 760. The normalized spacial score (nSPS) is 15.6. The molecule has 0 fully saturated rings. The highest BCUT2D eigenvalue weighted by molar-refractivity contribution is 5.76. The highest BCUT2D eigenvalue weighted by Crippen LogP contribution is 2.20. The second kappa shape index (κ2) is 4.35. The molecule has 6 heteroatoms. The van der Waals surface area contributed by atoms with Gasteiger partial charge in [0.25, 0.3) is 0 Å². The van der Waals surface area contributed by atoms with E-state index in [-0.39, 0.29) is 0 Å². The van der Waals surface area contributed by atoms with Gasteiger partial charge in [-0.05, 0) is 12.1 Å². The number of anilines is 1. The monoisotopic (exact) mass is 269 g/mol. The lowest BCUT2D eigenvalue weighted by molar-refractivity contribution is 0.192. The number of nitrogens with zero attached hydrogens (tertiary/aromatic N) is 4. The maximum absolute atomic E-state index is 5.76. The van der Waals surface area contributed by atoms with Crippen molar-refractivity contribution in [3.63, 3.8) is 0 Å². The van der Waals surface area contributed by atoms with Crippen molar-refractivity contribution in [3.05, 3.63) is 42.3 Å².